The molecule has 1 heterocycles. The first-order valence-corrected chi connectivity index (χ1v) is 9.28. The van der Waals surface area contributed by atoms with Crippen LogP contribution >= 0.6 is 11.6 Å². The molecule has 8 heteroatoms. The number of furan rings is 1. The SMILES string of the molecule is O=C(CNc1ccc(Cl)cc1NC(=O)c1ccco1)NCCc1ccc(F)cc1. The number of hydrogen-bond acceptors (Lipinski definition) is 4. The Balaban J connectivity index is 1.52. The molecule has 0 aliphatic heterocycles. The Bertz CT molecular complexity index is 975. The highest BCUT2D eigenvalue weighted by Gasteiger charge is 2.12. The lowest BCUT2D eigenvalue weighted by Gasteiger charge is -2.13. The van der Waals surface area contributed by atoms with E-state index in [1.807, 2.05) is 0 Å². The molecule has 0 aliphatic carbocycles. The smallest absolute Gasteiger partial charge is 0.291 e. The Labute approximate surface area is 172 Å². The highest BCUT2D eigenvalue weighted by Crippen LogP contribution is 2.26. The van der Waals surface area contributed by atoms with Gasteiger partial charge in [-0.2, -0.15) is 0 Å². The van der Waals surface area contributed by atoms with Crippen LogP contribution in [0.4, 0.5) is 15.8 Å². The second kappa shape index (κ2) is 9.75. The molecule has 0 aliphatic rings. The van der Waals surface area contributed by atoms with Crippen LogP contribution in [0.3, 0.4) is 0 Å². The Morgan fingerprint density at radius 2 is 1.83 bits per heavy atom. The molecule has 6 nitrogen and oxygen atoms in total. The first-order chi connectivity index (χ1) is 14.0. The van der Waals surface area contributed by atoms with Gasteiger partial charge < -0.3 is 20.4 Å². The number of carbonyl (C=O) groups excluding carboxylic acids is 2. The zero-order valence-corrected chi connectivity index (χ0v) is 16.1. The molecule has 0 saturated carbocycles. The summed E-state index contributed by atoms with van der Waals surface area (Å²) in [6.45, 7) is 0.434. The average Bonchev–Trinajstić information content (AvgIpc) is 3.24. The van der Waals surface area contributed by atoms with E-state index < -0.39 is 5.91 Å². The molecule has 1 aromatic heterocycles. The second-order valence-electron chi connectivity index (χ2n) is 6.20. The summed E-state index contributed by atoms with van der Waals surface area (Å²) in [4.78, 5) is 24.3. The van der Waals surface area contributed by atoms with Gasteiger partial charge in [-0.15, -0.1) is 0 Å². The van der Waals surface area contributed by atoms with Crippen molar-refractivity contribution in [3.8, 4) is 0 Å². The summed E-state index contributed by atoms with van der Waals surface area (Å²) in [6.07, 6.45) is 2.00. The zero-order chi connectivity index (χ0) is 20.6. The number of amides is 2. The molecule has 0 saturated heterocycles. The van der Waals surface area contributed by atoms with Crippen LogP contribution in [0, 0.1) is 5.82 Å². The Morgan fingerprint density at radius 3 is 2.55 bits per heavy atom. The normalized spacial score (nSPS) is 10.4. The Hall–Kier alpha value is -3.32. The van der Waals surface area contributed by atoms with Gasteiger partial charge in [0.25, 0.3) is 5.91 Å². The number of nitrogens with one attached hydrogen (secondary N) is 3. The molecule has 2 amide bonds. The van der Waals surface area contributed by atoms with E-state index in [1.54, 1.807) is 42.5 Å². The number of benzene rings is 2. The zero-order valence-electron chi connectivity index (χ0n) is 15.4. The maximum Gasteiger partial charge on any atom is 0.291 e. The van der Waals surface area contributed by atoms with Crippen molar-refractivity contribution in [2.24, 2.45) is 0 Å². The maximum absolute atomic E-state index is 12.9. The van der Waals surface area contributed by atoms with Gasteiger partial charge in [-0.25, -0.2) is 4.39 Å². The molecule has 0 spiro atoms. The summed E-state index contributed by atoms with van der Waals surface area (Å²) in [5, 5.41) is 8.91. The molecule has 3 aromatic rings. The predicted octanol–water partition coefficient (Wildman–Crippen LogP) is 4.10. The van der Waals surface area contributed by atoms with Crippen molar-refractivity contribution in [1.82, 2.24) is 5.32 Å². The second-order valence-corrected chi connectivity index (χ2v) is 6.64. The average molecular weight is 416 g/mol. The third kappa shape index (κ3) is 6.08. The molecule has 0 atom stereocenters. The third-order valence-corrected chi connectivity index (χ3v) is 4.30. The van der Waals surface area contributed by atoms with Crippen molar-refractivity contribution in [2.75, 3.05) is 23.7 Å². The lowest BCUT2D eigenvalue weighted by atomic mass is 10.1. The van der Waals surface area contributed by atoms with Gasteiger partial charge in [0.05, 0.1) is 24.2 Å². The van der Waals surface area contributed by atoms with Gasteiger partial charge in [0, 0.05) is 11.6 Å². The molecule has 29 heavy (non-hydrogen) atoms. The largest absolute Gasteiger partial charge is 0.459 e. The van der Waals surface area contributed by atoms with Crippen molar-refractivity contribution in [3.05, 3.63) is 83.0 Å². The van der Waals surface area contributed by atoms with Crippen molar-refractivity contribution in [2.45, 2.75) is 6.42 Å². The fourth-order valence-electron chi connectivity index (χ4n) is 2.60. The Morgan fingerprint density at radius 1 is 1.03 bits per heavy atom. The minimum atomic E-state index is -0.427. The van der Waals surface area contributed by atoms with Gasteiger partial charge in [-0.1, -0.05) is 23.7 Å². The van der Waals surface area contributed by atoms with Gasteiger partial charge >= 0.3 is 0 Å². The summed E-state index contributed by atoms with van der Waals surface area (Å²) in [6, 6.07) is 14.2. The standard InChI is InChI=1S/C21H19ClFN3O3/c22-15-5-8-17(18(12-15)26-21(28)19-2-1-11-29-19)25-13-20(27)24-10-9-14-3-6-16(23)7-4-14/h1-8,11-12,25H,9-10,13H2,(H,24,27)(H,26,28). The summed E-state index contributed by atoms with van der Waals surface area (Å²) < 4.78 is 18.0. The van der Waals surface area contributed by atoms with Crippen LogP contribution in [-0.2, 0) is 11.2 Å². The van der Waals surface area contributed by atoms with Crippen molar-refractivity contribution in [1.29, 1.82) is 0 Å². The fourth-order valence-corrected chi connectivity index (χ4v) is 2.77. The van der Waals surface area contributed by atoms with Crippen LogP contribution in [0.25, 0.3) is 0 Å². The van der Waals surface area contributed by atoms with Gasteiger partial charge in [0.1, 0.15) is 5.82 Å². The quantitative estimate of drug-likeness (QED) is 0.517. The highest BCUT2D eigenvalue weighted by atomic mass is 35.5. The van der Waals surface area contributed by atoms with E-state index in [0.717, 1.165) is 5.56 Å². The predicted molar refractivity (Wildman–Crippen MR) is 110 cm³/mol. The van der Waals surface area contributed by atoms with E-state index in [9.17, 15) is 14.0 Å². The summed E-state index contributed by atoms with van der Waals surface area (Å²) in [7, 11) is 0. The monoisotopic (exact) mass is 415 g/mol. The first-order valence-electron chi connectivity index (χ1n) is 8.90. The lowest BCUT2D eigenvalue weighted by Crippen LogP contribution is -2.31. The maximum atomic E-state index is 12.9. The molecular formula is C21H19ClFN3O3. The van der Waals surface area contributed by atoms with Crippen molar-refractivity contribution >= 4 is 34.8 Å². The Kier molecular flexibility index (Phi) is 6.86. The molecule has 3 N–H and O–H groups in total. The minimum Gasteiger partial charge on any atom is -0.459 e. The molecule has 2 aromatic carbocycles. The third-order valence-electron chi connectivity index (χ3n) is 4.06. The van der Waals surface area contributed by atoms with Crippen LogP contribution < -0.4 is 16.0 Å². The molecule has 3 rings (SSSR count). The molecule has 0 radical (unpaired) electrons. The molecule has 0 fully saturated rings. The van der Waals surface area contributed by atoms with Crippen LogP contribution in [0.2, 0.25) is 5.02 Å². The van der Waals surface area contributed by atoms with Crippen molar-refractivity contribution < 1.29 is 18.4 Å². The van der Waals surface area contributed by atoms with E-state index in [1.165, 1.54) is 18.4 Å². The summed E-state index contributed by atoms with van der Waals surface area (Å²) in [5.74, 6) is -0.774. The first kappa shape index (κ1) is 20.4. The lowest BCUT2D eigenvalue weighted by molar-refractivity contribution is -0.119. The van der Waals surface area contributed by atoms with Crippen LogP contribution in [0.1, 0.15) is 16.1 Å². The fraction of sp³-hybridized carbons (Fsp3) is 0.143. The summed E-state index contributed by atoms with van der Waals surface area (Å²) >= 11 is 6.02. The van der Waals surface area contributed by atoms with E-state index in [4.69, 9.17) is 16.0 Å². The molecule has 0 bridgehead atoms. The number of halogens is 2. The van der Waals surface area contributed by atoms with E-state index >= 15 is 0 Å². The summed E-state index contributed by atoms with van der Waals surface area (Å²) in [5.41, 5.74) is 1.90. The van der Waals surface area contributed by atoms with E-state index in [0.29, 0.717) is 29.4 Å². The number of anilines is 2. The van der Waals surface area contributed by atoms with Gasteiger partial charge in [0.15, 0.2) is 5.76 Å². The van der Waals surface area contributed by atoms with Gasteiger partial charge in [-0.3, -0.25) is 9.59 Å². The van der Waals surface area contributed by atoms with Gasteiger partial charge in [-0.05, 0) is 54.4 Å². The van der Waals surface area contributed by atoms with Crippen molar-refractivity contribution in [3.63, 3.8) is 0 Å². The van der Waals surface area contributed by atoms with E-state index in [-0.39, 0.29) is 24.0 Å². The minimum absolute atomic E-state index is 0.00860. The number of hydrogen-bond donors (Lipinski definition) is 3. The number of carbonyl (C=O) groups is 2. The molecule has 0 unspecified atom stereocenters. The van der Waals surface area contributed by atoms with Crippen LogP contribution in [0.15, 0.2) is 65.3 Å². The highest BCUT2D eigenvalue weighted by molar-refractivity contribution is 6.31. The number of rotatable bonds is 8. The molecular weight excluding hydrogens is 397 g/mol. The molecule has 150 valence electrons. The topological polar surface area (TPSA) is 83.4 Å². The van der Waals surface area contributed by atoms with Gasteiger partial charge in [0.2, 0.25) is 5.91 Å². The van der Waals surface area contributed by atoms with Crippen LogP contribution in [0.5, 0.6) is 0 Å². The van der Waals surface area contributed by atoms with E-state index in [2.05, 4.69) is 16.0 Å². The van der Waals surface area contributed by atoms with Crippen LogP contribution in [-0.4, -0.2) is 24.9 Å².